The van der Waals surface area contributed by atoms with Gasteiger partial charge in [-0.15, -0.1) is 0 Å². The van der Waals surface area contributed by atoms with Crippen LogP contribution in [0.4, 0.5) is 9.59 Å². The van der Waals surface area contributed by atoms with E-state index in [9.17, 15) is 9.59 Å². The normalized spacial score (nSPS) is 8.50. The number of carbonyl (C=O) groups excluding carboxylic acids is 2. The molecule has 0 aliphatic rings. The SMILES string of the molecule is CCCNC(=O)OC(N)=O. The van der Waals surface area contributed by atoms with Crippen LogP contribution in [-0.4, -0.2) is 18.7 Å². The lowest BCUT2D eigenvalue weighted by Gasteiger charge is -1.99. The summed E-state index contributed by atoms with van der Waals surface area (Å²) in [6, 6.07) is 0. The minimum atomic E-state index is -1.09. The highest BCUT2D eigenvalue weighted by Crippen LogP contribution is 1.77. The first-order chi connectivity index (χ1) is 4.66. The Morgan fingerprint density at radius 1 is 1.60 bits per heavy atom. The van der Waals surface area contributed by atoms with Crippen LogP contribution in [0.25, 0.3) is 0 Å². The second-order valence-corrected chi connectivity index (χ2v) is 1.64. The van der Waals surface area contributed by atoms with E-state index in [0.29, 0.717) is 6.54 Å². The molecule has 3 N–H and O–H groups in total. The molecule has 0 unspecified atom stereocenters. The Labute approximate surface area is 58.5 Å². The van der Waals surface area contributed by atoms with Crippen molar-refractivity contribution >= 4 is 12.2 Å². The van der Waals surface area contributed by atoms with Gasteiger partial charge in [-0.2, -0.15) is 0 Å². The van der Waals surface area contributed by atoms with Gasteiger partial charge in [0, 0.05) is 6.54 Å². The molecule has 0 heterocycles. The van der Waals surface area contributed by atoms with Crippen molar-refractivity contribution in [3.8, 4) is 0 Å². The average Bonchev–Trinajstić information content (AvgIpc) is 1.82. The third-order valence-electron chi connectivity index (χ3n) is 0.713. The van der Waals surface area contributed by atoms with Crippen molar-refractivity contribution < 1.29 is 14.3 Å². The van der Waals surface area contributed by atoms with E-state index < -0.39 is 12.2 Å². The second kappa shape index (κ2) is 4.60. The molecule has 5 heteroatoms. The number of hydrogen-bond acceptors (Lipinski definition) is 3. The van der Waals surface area contributed by atoms with Crippen LogP contribution in [0.2, 0.25) is 0 Å². The monoisotopic (exact) mass is 146 g/mol. The lowest BCUT2D eigenvalue weighted by Crippen LogP contribution is -2.29. The minimum Gasteiger partial charge on any atom is -0.360 e. The van der Waals surface area contributed by atoms with Crippen molar-refractivity contribution in [2.75, 3.05) is 6.54 Å². The molecule has 0 aromatic rings. The van der Waals surface area contributed by atoms with Gasteiger partial charge < -0.3 is 15.8 Å². The van der Waals surface area contributed by atoms with Crippen LogP contribution in [0.1, 0.15) is 13.3 Å². The Balaban J connectivity index is 3.35. The molecule has 0 saturated heterocycles. The summed E-state index contributed by atoms with van der Waals surface area (Å²) in [4.78, 5) is 20.3. The van der Waals surface area contributed by atoms with E-state index in [2.05, 4.69) is 15.8 Å². The highest BCUT2D eigenvalue weighted by atomic mass is 16.6. The van der Waals surface area contributed by atoms with Gasteiger partial charge in [0.2, 0.25) is 0 Å². The average molecular weight is 146 g/mol. The van der Waals surface area contributed by atoms with Crippen LogP contribution >= 0.6 is 0 Å². The number of hydrogen-bond donors (Lipinski definition) is 2. The van der Waals surface area contributed by atoms with Gasteiger partial charge in [-0.1, -0.05) is 6.92 Å². The molecule has 2 amide bonds. The Bertz CT molecular complexity index is 135. The Morgan fingerprint density at radius 3 is 2.60 bits per heavy atom. The number of rotatable bonds is 2. The van der Waals surface area contributed by atoms with E-state index in [0.717, 1.165) is 6.42 Å². The zero-order valence-corrected chi connectivity index (χ0v) is 5.72. The van der Waals surface area contributed by atoms with Crippen LogP contribution in [0.3, 0.4) is 0 Å². The summed E-state index contributed by atoms with van der Waals surface area (Å²) in [6.45, 7) is 2.36. The quantitative estimate of drug-likeness (QED) is 0.546. The third-order valence-corrected chi connectivity index (χ3v) is 0.713. The number of nitrogens with one attached hydrogen (secondary N) is 1. The van der Waals surface area contributed by atoms with Crippen LogP contribution < -0.4 is 11.1 Å². The number of amides is 2. The summed E-state index contributed by atoms with van der Waals surface area (Å²) in [5.41, 5.74) is 4.54. The van der Waals surface area contributed by atoms with Gasteiger partial charge in [0.15, 0.2) is 0 Å². The first-order valence-corrected chi connectivity index (χ1v) is 2.92. The van der Waals surface area contributed by atoms with E-state index in [-0.39, 0.29) is 0 Å². The standard InChI is InChI=1S/C5H10N2O3/c1-2-3-7-5(9)10-4(6)8/h2-3H2,1H3,(H2,6,8)(H,7,9). The molecule has 0 radical (unpaired) electrons. The molecule has 0 spiro atoms. The molecule has 5 nitrogen and oxygen atoms in total. The Kier molecular flexibility index (Phi) is 4.02. The fourth-order valence-corrected chi connectivity index (χ4v) is 0.355. The van der Waals surface area contributed by atoms with Gasteiger partial charge in [-0.05, 0) is 6.42 Å². The minimum absolute atomic E-state index is 0.478. The van der Waals surface area contributed by atoms with Crippen molar-refractivity contribution in [1.82, 2.24) is 5.32 Å². The molecule has 0 fully saturated rings. The topological polar surface area (TPSA) is 81.4 Å². The predicted molar refractivity (Wildman–Crippen MR) is 34.4 cm³/mol. The van der Waals surface area contributed by atoms with Gasteiger partial charge in [-0.3, -0.25) is 0 Å². The fraction of sp³-hybridized carbons (Fsp3) is 0.600. The van der Waals surface area contributed by atoms with Gasteiger partial charge >= 0.3 is 12.2 Å². The molecule has 0 aliphatic carbocycles. The lowest BCUT2D eigenvalue weighted by atomic mass is 10.5. The summed E-state index contributed by atoms with van der Waals surface area (Å²) >= 11 is 0. The van der Waals surface area contributed by atoms with Gasteiger partial charge in [0.05, 0.1) is 0 Å². The van der Waals surface area contributed by atoms with Crippen LogP contribution in [-0.2, 0) is 4.74 Å². The van der Waals surface area contributed by atoms with E-state index in [4.69, 9.17) is 0 Å². The van der Waals surface area contributed by atoms with Crippen molar-refractivity contribution in [1.29, 1.82) is 0 Å². The highest BCUT2D eigenvalue weighted by molar-refractivity contribution is 5.82. The molecule has 10 heavy (non-hydrogen) atoms. The molecular weight excluding hydrogens is 136 g/mol. The number of primary amides is 1. The van der Waals surface area contributed by atoms with E-state index in [1.807, 2.05) is 6.92 Å². The molecule has 0 atom stereocenters. The van der Waals surface area contributed by atoms with Crippen molar-refractivity contribution in [2.24, 2.45) is 5.73 Å². The molecule has 58 valence electrons. The first kappa shape index (κ1) is 8.74. The number of ether oxygens (including phenoxy) is 1. The van der Waals surface area contributed by atoms with Crippen molar-refractivity contribution in [2.45, 2.75) is 13.3 Å². The molecule has 0 saturated carbocycles. The lowest BCUT2D eigenvalue weighted by molar-refractivity contribution is 0.157. The number of carbonyl (C=O) groups is 2. The van der Waals surface area contributed by atoms with Crippen molar-refractivity contribution in [3.05, 3.63) is 0 Å². The predicted octanol–water partition coefficient (Wildman–Crippen LogP) is 0.201. The highest BCUT2D eigenvalue weighted by Gasteiger charge is 2.02. The third kappa shape index (κ3) is 4.89. The maximum Gasteiger partial charge on any atom is 0.416 e. The molecule has 0 bridgehead atoms. The fourth-order valence-electron chi connectivity index (χ4n) is 0.355. The number of nitrogens with two attached hydrogens (primary N) is 1. The van der Waals surface area contributed by atoms with Gasteiger partial charge in [0.1, 0.15) is 0 Å². The van der Waals surface area contributed by atoms with E-state index >= 15 is 0 Å². The van der Waals surface area contributed by atoms with Crippen LogP contribution in [0, 0.1) is 0 Å². The summed E-state index contributed by atoms with van der Waals surface area (Å²) in [5.74, 6) is 0. The largest absolute Gasteiger partial charge is 0.416 e. The van der Waals surface area contributed by atoms with Crippen LogP contribution in [0.15, 0.2) is 0 Å². The molecule has 0 aromatic heterocycles. The smallest absolute Gasteiger partial charge is 0.360 e. The van der Waals surface area contributed by atoms with Crippen LogP contribution in [0.5, 0.6) is 0 Å². The number of alkyl carbamates (subject to hydrolysis) is 1. The Hall–Kier alpha value is -1.26. The zero-order valence-electron chi connectivity index (χ0n) is 5.72. The maximum absolute atomic E-state index is 10.4. The molecule has 0 aromatic carbocycles. The van der Waals surface area contributed by atoms with Gasteiger partial charge in [-0.25, -0.2) is 9.59 Å². The summed E-state index contributed by atoms with van der Waals surface area (Å²) in [7, 11) is 0. The first-order valence-electron chi connectivity index (χ1n) is 2.92. The molecule has 0 rings (SSSR count). The zero-order chi connectivity index (χ0) is 7.98. The maximum atomic E-state index is 10.4. The summed E-state index contributed by atoms with van der Waals surface area (Å²) < 4.78 is 3.94. The summed E-state index contributed by atoms with van der Waals surface area (Å²) in [6.07, 6.45) is -1.10. The van der Waals surface area contributed by atoms with E-state index in [1.54, 1.807) is 0 Å². The molecule has 0 aliphatic heterocycles. The molecular formula is C5H10N2O3. The van der Waals surface area contributed by atoms with Gasteiger partial charge in [0.25, 0.3) is 0 Å². The second-order valence-electron chi connectivity index (χ2n) is 1.64. The Morgan fingerprint density at radius 2 is 2.20 bits per heavy atom. The summed E-state index contributed by atoms with van der Waals surface area (Å²) in [5, 5.41) is 2.30. The van der Waals surface area contributed by atoms with Crippen molar-refractivity contribution in [3.63, 3.8) is 0 Å². The van der Waals surface area contributed by atoms with E-state index in [1.165, 1.54) is 0 Å².